The Morgan fingerprint density at radius 3 is 1.86 bits per heavy atom. The Labute approximate surface area is 179 Å². The zero-order valence-electron chi connectivity index (χ0n) is 19.1. The molecular weight excluding hydrogens is 368 g/mol. The van der Waals surface area contributed by atoms with Gasteiger partial charge in [0.15, 0.2) is 0 Å². The molecule has 0 atom stereocenters. The van der Waals surface area contributed by atoms with E-state index in [-0.39, 0.29) is 5.75 Å². The first-order chi connectivity index (χ1) is 13.2. The van der Waals surface area contributed by atoms with E-state index in [1.807, 2.05) is 0 Å². The Bertz CT molecular complexity index is 530. The van der Waals surface area contributed by atoms with Crippen LogP contribution in [0.1, 0.15) is 92.9 Å². The molecule has 1 aromatic carbocycles. The lowest BCUT2D eigenvalue weighted by Gasteiger charge is -2.45. The quantitative estimate of drug-likeness (QED) is 0.311. The second-order valence-corrected chi connectivity index (χ2v) is 9.62. The maximum Gasteiger partial charge on any atom is 0.141 e. The largest absolute Gasteiger partial charge is 0.506 e. The summed E-state index contributed by atoms with van der Waals surface area (Å²) in [5.74, 6) is 2.88. The van der Waals surface area contributed by atoms with Crippen LogP contribution in [0.3, 0.4) is 0 Å². The van der Waals surface area contributed by atoms with Gasteiger partial charge in [-0.2, -0.15) is 0 Å². The average Bonchev–Trinajstić information content (AvgIpc) is 2.62. The maximum atomic E-state index is 9.57. The third-order valence-electron chi connectivity index (χ3n) is 6.68. The molecule has 0 spiro atoms. The number of phenols is 1. The molecule has 2 nitrogen and oxygen atoms in total. The number of unbranched alkanes of at least 4 members (excludes halogenated alkanes) is 6. The molecule has 3 heteroatoms. The molecule has 0 aliphatic carbocycles. The van der Waals surface area contributed by atoms with Gasteiger partial charge >= 0.3 is 0 Å². The molecule has 0 saturated carbocycles. The van der Waals surface area contributed by atoms with Gasteiger partial charge in [0, 0.05) is 0 Å². The third kappa shape index (κ3) is 7.17. The number of hydrogen-bond acceptors (Lipinski definition) is 2. The third-order valence-corrected chi connectivity index (χ3v) is 7.06. The van der Waals surface area contributed by atoms with Crippen molar-refractivity contribution in [3.05, 3.63) is 23.2 Å². The van der Waals surface area contributed by atoms with Crippen molar-refractivity contribution >= 4 is 11.6 Å². The van der Waals surface area contributed by atoms with Crippen LogP contribution in [0.2, 0.25) is 5.02 Å². The Kier molecular flexibility index (Phi) is 11.3. The summed E-state index contributed by atoms with van der Waals surface area (Å²) < 4.78 is 5.68. The molecular formula is C25H43ClO2. The van der Waals surface area contributed by atoms with E-state index in [2.05, 4.69) is 41.5 Å². The van der Waals surface area contributed by atoms with Gasteiger partial charge in [-0.15, -0.1) is 0 Å². The van der Waals surface area contributed by atoms with Gasteiger partial charge in [0.25, 0.3) is 0 Å². The summed E-state index contributed by atoms with van der Waals surface area (Å²) in [4.78, 5) is 0. The summed E-state index contributed by atoms with van der Waals surface area (Å²) in [7, 11) is 0. The van der Waals surface area contributed by atoms with Crippen molar-refractivity contribution in [2.45, 2.75) is 92.9 Å². The van der Waals surface area contributed by atoms with E-state index in [0.29, 0.717) is 22.8 Å². The van der Waals surface area contributed by atoms with Crippen LogP contribution in [0.4, 0.5) is 0 Å². The van der Waals surface area contributed by atoms with Gasteiger partial charge in [0.05, 0.1) is 6.61 Å². The number of halogens is 1. The molecule has 0 fully saturated rings. The van der Waals surface area contributed by atoms with Gasteiger partial charge < -0.3 is 9.84 Å². The molecule has 0 bridgehead atoms. The van der Waals surface area contributed by atoms with E-state index in [0.717, 1.165) is 24.2 Å². The molecule has 28 heavy (non-hydrogen) atoms. The smallest absolute Gasteiger partial charge is 0.141 e. The predicted octanol–water partition coefficient (Wildman–Crippen LogP) is 8.50. The fourth-order valence-corrected chi connectivity index (χ4v) is 5.26. The van der Waals surface area contributed by atoms with Crippen LogP contribution in [0.5, 0.6) is 11.5 Å². The highest BCUT2D eigenvalue weighted by Crippen LogP contribution is 2.47. The Balaban J connectivity index is 2.15. The van der Waals surface area contributed by atoms with E-state index in [9.17, 15) is 5.11 Å². The molecule has 162 valence electrons. The van der Waals surface area contributed by atoms with Gasteiger partial charge in [-0.05, 0) is 48.1 Å². The first-order valence-corrected chi connectivity index (χ1v) is 11.7. The van der Waals surface area contributed by atoms with Crippen molar-refractivity contribution < 1.29 is 9.84 Å². The number of rotatable bonds is 14. The van der Waals surface area contributed by atoms with Gasteiger partial charge in [-0.3, -0.25) is 0 Å². The van der Waals surface area contributed by atoms with Gasteiger partial charge in [0.1, 0.15) is 16.5 Å². The minimum absolute atomic E-state index is 0.0792. The number of aromatic hydroxyl groups is 1. The molecule has 0 aliphatic rings. The van der Waals surface area contributed by atoms with E-state index < -0.39 is 0 Å². The SMILES string of the molecule is CC(C)C(CCCCCCCCCOc1cccc(O)c1Cl)(C(C)C)C(C)C. The Hall–Kier alpha value is -0.890. The lowest BCUT2D eigenvalue weighted by atomic mass is 9.60. The van der Waals surface area contributed by atoms with E-state index >= 15 is 0 Å². The van der Waals surface area contributed by atoms with E-state index in [4.69, 9.17) is 16.3 Å². The van der Waals surface area contributed by atoms with E-state index in [1.54, 1.807) is 18.2 Å². The summed E-state index contributed by atoms with van der Waals surface area (Å²) in [6.07, 6.45) is 10.2. The second-order valence-electron chi connectivity index (χ2n) is 9.24. The molecule has 0 aromatic heterocycles. The normalized spacial score (nSPS) is 12.4. The van der Waals surface area contributed by atoms with Crippen molar-refractivity contribution in [3.8, 4) is 11.5 Å². The summed E-state index contributed by atoms with van der Waals surface area (Å²) in [6, 6.07) is 5.12. The maximum absolute atomic E-state index is 9.57. The molecule has 0 amide bonds. The lowest BCUT2D eigenvalue weighted by Crippen LogP contribution is -2.38. The number of benzene rings is 1. The van der Waals surface area contributed by atoms with Crippen molar-refractivity contribution in [1.82, 2.24) is 0 Å². The standard InChI is InChI=1S/C25H43ClO2/c1-19(2)25(20(3)4,21(5)6)17-12-10-8-7-9-11-13-18-28-23-16-14-15-22(27)24(23)26/h14-16,19-21,27H,7-13,17-18H2,1-6H3. The summed E-state index contributed by atoms with van der Waals surface area (Å²) in [6.45, 7) is 15.1. The second kappa shape index (κ2) is 12.6. The van der Waals surface area contributed by atoms with Crippen molar-refractivity contribution in [2.24, 2.45) is 23.2 Å². The van der Waals surface area contributed by atoms with Crippen LogP contribution in [-0.2, 0) is 0 Å². The number of phenolic OH excluding ortho intramolecular Hbond substituents is 1. The highest BCUT2D eigenvalue weighted by Gasteiger charge is 2.39. The fourth-order valence-electron chi connectivity index (χ4n) is 5.08. The number of hydrogen-bond donors (Lipinski definition) is 1. The molecule has 0 unspecified atom stereocenters. The Morgan fingerprint density at radius 1 is 0.821 bits per heavy atom. The zero-order chi connectivity index (χ0) is 21.2. The highest BCUT2D eigenvalue weighted by molar-refractivity contribution is 6.33. The van der Waals surface area contributed by atoms with Crippen molar-refractivity contribution in [3.63, 3.8) is 0 Å². The average molecular weight is 411 g/mol. The minimum Gasteiger partial charge on any atom is -0.506 e. The van der Waals surface area contributed by atoms with Crippen LogP contribution < -0.4 is 4.74 Å². The zero-order valence-corrected chi connectivity index (χ0v) is 19.8. The predicted molar refractivity (Wildman–Crippen MR) is 122 cm³/mol. The molecule has 1 N–H and O–H groups in total. The van der Waals surface area contributed by atoms with Crippen LogP contribution in [0.15, 0.2) is 18.2 Å². The van der Waals surface area contributed by atoms with Crippen LogP contribution >= 0.6 is 11.6 Å². The Morgan fingerprint density at radius 2 is 1.32 bits per heavy atom. The molecule has 0 saturated heterocycles. The topological polar surface area (TPSA) is 29.5 Å². The van der Waals surface area contributed by atoms with Gasteiger partial charge in [-0.25, -0.2) is 0 Å². The van der Waals surface area contributed by atoms with Crippen molar-refractivity contribution in [1.29, 1.82) is 0 Å². The minimum atomic E-state index is 0.0792. The molecule has 0 radical (unpaired) electrons. The first-order valence-electron chi connectivity index (χ1n) is 11.3. The summed E-state index contributed by atoms with van der Waals surface area (Å²) in [5.41, 5.74) is 0.477. The number of ether oxygens (including phenoxy) is 1. The monoisotopic (exact) mass is 410 g/mol. The van der Waals surface area contributed by atoms with Gasteiger partial charge in [-0.1, -0.05) is 97.7 Å². The molecule has 0 aliphatic heterocycles. The summed E-state index contributed by atoms with van der Waals surface area (Å²) in [5, 5.41) is 9.88. The van der Waals surface area contributed by atoms with Crippen LogP contribution in [0.25, 0.3) is 0 Å². The fraction of sp³-hybridized carbons (Fsp3) is 0.760. The van der Waals surface area contributed by atoms with Crippen molar-refractivity contribution in [2.75, 3.05) is 6.61 Å². The molecule has 0 heterocycles. The van der Waals surface area contributed by atoms with Crippen LogP contribution in [0, 0.1) is 23.2 Å². The molecule has 1 aromatic rings. The van der Waals surface area contributed by atoms with Gasteiger partial charge in [0.2, 0.25) is 0 Å². The lowest BCUT2D eigenvalue weighted by molar-refractivity contribution is 0.0356. The van der Waals surface area contributed by atoms with Crippen LogP contribution in [-0.4, -0.2) is 11.7 Å². The highest BCUT2D eigenvalue weighted by atomic mass is 35.5. The summed E-state index contributed by atoms with van der Waals surface area (Å²) >= 11 is 6.02. The van der Waals surface area contributed by atoms with E-state index in [1.165, 1.54) is 44.9 Å². The molecule has 1 rings (SSSR count). The first kappa shape index (κ1) is 25.1.